The Morgan fingerprint density at radius 3 is 2.62 bits per heavy atom. The predicted molar refractivity (Wildman–Crippen MR) is 148 cm³/mol. The molecule has 202 valence electrons. The van der Waals surface area contributed by atoms with Gasteiger partial charge in [-0.25, -0.2) is 14.8 Å². The Kier molecular flexibility index (Phi) is 6.78. The number of halogens is 2. The Labute approximate surface area is 236 Å². The Balaban J connectivity index is 1.33. The van der Waals surface area contributed by atoms with Gasteiger partial charge in [-0.15, -0.1) is 5.10 Å². The molecule has 0 saturated heterocycles. The van der Waals surface area contributed by atoms with Crippen LogP contribution in [-0.4, -0.2) is 52.9 Å². The van der Waals surface area contributed by atoms with E-state index in [9.17, 15) is 9.59 Å². The molecule has 2 aromatic carbocycles. The number of hydrogen-bond donors (Lipinski definition) is 2. The first-order chi connectivity index (χ1) is 19.4. The molecule has 3 heterocycles. The zero-order valence-electron chi connectivity index (χ0n) is 21.0. The first-order valence-electron chi connectivity index (χ1n) is 12.2. The molecule has 5 aromatic rings. The van der Waals surface area contributed by atoms with Crippen LogP contribution in [0.5, 0.6) is 0 Å². The number of methoxy groups -OCH3 is 1. The summed E-state index contributed by atoms with van der Waals surface area (Å²) in [7, 11) is 1.29. The average Bonchev–Trinajstić information content (AvgIpc) is 3.52. The van der Waals surface area contributed by atoms with Crippen molar-refractivity contribution in [2.24, 2.45) is 0 Å². The van der Waals surface area contributed by atoms with Crippen molar-refractivity contribution in [2.75, 3.05) is 12.4 Å². The minimum atomic E-state index is -0.564. The lowest BCUT2D eigenvalue weighted by Crippen LogP contribution is -2.26. The minimum absolute atomic E-state index is 0.156. The highest BCUT2D eigenvalue weighted by Gasteiger charge is 2.30. The fraction of sp³-hybridized carbons (Fsp3) is 0.192. The van der Waals surface area contributed by atoms with E-state index in [1.54, 1.807) is 47.0 Å². The molecule has 0 bridgehead atoms. The van der Waals surface area contributed by atoms with Crippen molar-refractivity contribution >= 4 is 35.0 Å². The van der Waals surface area contributed by atoms with Crippen LogP contribution in [0.1, 0.15) is 30.4 Å². The molecular weight excluding hydrogens is 557 g/mol. The molecule has 12 nitrogen and oxygen atoms in total. The zero-order valence-corrected chi connectivity index (χ0v) is 22.5. The summed E-state index contributed by atoms with van der Waals surface area (Å²) in [5.74, 6) is 1.33. The van der Waals surface area contributed by atoms with Crippen molar-refractivity contribution in [3.05, 3.63) is 87.0 Å². The fourth-order valence-electron chi connectivity index (χ4n) is 4.35. The van der Waals surface area contributed by atoms with Crippen molar-refractivity contribution in [3.63, 3.8) is 0 Å². The molecule has 6 rings (SSSR count). The first-order valence-corrected chi connectivity index (χ1v) is 13.0. The van der Waals surface area contributed by atoms with Crippen LogP contribution in [0, 0.1) is 0 Å². The van der Waals surface area contributed by atoms with E-state index in [0.717, 1.165) is 18.4 Å². The highest BCUT2D eigenvalue weighted by Crippen LogP contribution is 2.40. The van der Waals surface area contributed by atoms with Crippen LogP contribution in [0.3, 0.4) is 0 Å². The van der Waals surface area contributed by atoms with Crippen molar-refractivity contribution in [1.29, 1.82) is 0 Å². The molecule has 0 unspecified atom stereocenters. The number of imidazole rings is 1. The van der Waals surface area contributed by atoms with Crippen molar-refractivity contribution in [3.8, 4) is 28.2 Å². The minimum Gasteiger partial charge on any atom is -0.453 e. The first kappa shape index (κ1) is 25.7. The molecule has 3 aromatic heterocycles. The van der Waals surface area contributed by atoms with E-state index < -0.39 is 6.09 Å². The third-order valence-corrected chi connectivity index (χ3v) is 6.93. The monoisotopic (exact) mass is 577 g/mol. The summed E-state index contributed by atoms with van der Waals surface area (Å²) in [4.78, 5) is 37.6. The van der Waals surface area contributed by atoms with Crippen molar-refractivity contribution in [2.45, 2.75) is 25.3 Å². The topological polar surface area (TPSA) is 146 Å². The second kappa shape index (κ2) is 10.5. The lowest BCUT2D eigenvalue weighted by atomic mass is 10.1. The van der Waals surface area contributed by atoms with E-state index in [2.05, 4.69) is 35.5 Å². The number of carbonyl (C=O) groups is 1. The second-order valence-corrected chi connectivity index (χ2v) is 9.97. The maximum absolute atomic E-state index is 13.5. The van der Waals surface area contributed by atoms with Gasteiger partial charge in [-0.05, 0) is 53.6 Å². The number of hydrogen-bond acceptors (Lipinski definition) is 8. The molecule has 0 spiro atoms. The molecule has 1 aliphatic carbocycles. The third kappa shape index (κ3) is 5.18. The Morgan fingerprint density at radius 2 is 1.93 bits per heavy atom. The lowest BCUT2D eigenvalue weighted by molar-refractivity contribution is 0.187. The molecule has 0 aliphatic heterocycles. The molecule has 1 fully saturated rings. The maximum atomic E-state index is 13.5. The molecule has 0 atom stereocenters. The Bertz CT molecular complexity index is 1760. The molecule has 1 saturated carbocycles. The van der Waals surface area contributed by atoms with Gasteiger partial charge < -0.3 is 9.72 Å². The van der Waals surface area contributed by atoms with Gasteiger partial charge in [0.2, 0.25) is 0 Å². The van der Waals surface area contributed by atoms with Crippen LogP contribution in [0.4, 0.5) is 10.5 Å². The predicted octanol–water partition coefficient (Wildman–Crippen LogP) is 4.69. The summed E-state index contributed by atoms with van der Waals surface area (Å²) < 4.78 is 7.73. The molecule has 14 heteroatoms. The number of amides is 1. The largest absolute Gasteiger partial charge is 0.453 e. The third-order valence-electron chi connectivity index (χ3n) is 6.42. The number of tetrazole rings is 1. The number of H-pyrrole nitrogens is 1. The van der Waals surface area contributed by atoms with Gasteiger partial charge in [0.25, 0.3) is 5.56 Å². The number of nitrogens with one attached hydrogen (secondary N) is 2. The Morgan fingerprint density at radius 1 is 1.12 bits per heavy atom. The van der Waals surface area contributed by atoms with E-state index in [0.29, 0.717) is 50.2 Å². The van der Waals surface area contributed by atoms with Crippen LogP contribution in [-0.2, 0) is 11.3 Å². The van der Waals surface area contributed by atoms with Crippen LogP contribution in [0.2, 0.25) is 10.2 Å². The van der Waals surface area contributed by atoms with Crippen LogP contribution < -0.4 is 10.9 Å². The van der Waals surface area contributed by atoms with Crippen molar-refractivity contribution < 1.29 is 9.53 Å². The number of aromatic amines is 1. The number of aromatic nitrogens is 8. The van der Waals surface area contributed by atoms with Crippen LogP contribution >= 0.6 is 23.2 Å². The lowest BCUT2D eigenvalue weighted by Gasteiger charge is -2.14. The second-order valence-electron chi connectivity index (χ2n) is 9.15. The molecule has 1 amide bonds. The van der Waals surface area contributed by atoms with Gasteiger partial charge in [0, 0.05) is 33.8 Å². The van der Waals surface area contributed by atoms with Gasteiger partial charge in [-0.1, -0.05) is 35.3 Å². The van der Waals surface area contributed by atoms with E-state index in [1.807, 2.05) is 0 Å². The summed E-state index contributed by atoms with van der Waals surface area (Å²) in [6.45, 7) is 0.162. The number of anilines is 1. The fourth-order valence-corrected chi connectivity index (χ4v) is 4.79. The number of nitrogens with zero attached hydrogens (tertiary/aromatic N) is 7. The smallest absolute Gasteiger partial charge is 0.411 e. The zero-order chi connectivity index (χ0) is 27.8. The molecule has 2 N–H and O–H groups in total. The van der Waals surface area contributed by atoms with E-state index in [1.165, 1.54) is 24.2 Å². The highest BCUT2D eigenvalue weighted by atomic mass is 35.5. The quantitative estimate of drug-likeness (QED) is 0.283. The SMILES string of the molecule is COC(=O)Nc1ccc(-c2nc(Cn3c(C4CC4)nc(-c4cc(Cl)ccc4-n4cnnn4)cc3=O)[nH]c2Cl)cc1. The molecular formula is C26H21Cl2N9O3. The Hall–Kier alpha value is -4.55. The van der Waals surface area contributed by atoms with Gasteiger partial charge in [-0.3, -0.25) is 14.7 Å². The molecule has 1 aliphatic rings. The van der Waals surface area contributed by atoms with E-state index >= 15 is 0 Å². The standard InChI is InChI=1S/C26H21Cl2N9O3/c1-40-26(39)30-17-7-4-14(5-8-17)23-24(28)33-21(32-23)12-36-22(38)11-19(31-25(36)15-2-3-15)18-10-16(27)6-9-20(18)37-13-29-34-35-37/h4-11,13,15H,2-3,12H2,1H3,(H,30,39)(H,32,33). The number of ether oxygens (including phenoxy) is 1. The van der Waals surface area contributed by atoms with Gasteiger partial charge in [0.1, 0.15) is 28.8 Å². The summed E-state index contributed by atoms with van der Waals surface area (Å²) in [6.07, 6.45) is 2.77. The summed E-state index contributed by atoms with van der Waals surface area (Å²) in [6, 6.07) is 13.7. The highest BCUT2D eigenvalue weighted by molar-refractivity contribution is 6.32. The van der Waals surface area contributed by atoms with E-state index in [4.69, 9.17) is 28.2 Å². The van der Waals surface area contributed by atoms with Gasteiger partial charge >= 0.3 is 6.09 Å². The van der Waals surface area contributed by atoms with E-state index in [-0.39, 0.29) is 18.0 Å². The normalized spacial score (nSPS) is 12.9. The van der Waals surface area contributed by atoms with Crippen LogP contribution in [0.25, 0.3) is 28.2 Å². The summed E-state index contributed by atoms with van der Waals surface area (Å²) in [5.41, 5.74) is 3.36. The maximum Gasteiger partial charge on any atom is 0.411 e. The van der Waals surface area contributed by atoms with Crippen LogP contribution in [0.15, 0.2) is 59.7 Å². The summed E-state index contributed by atoms with van der Waals surface area (Å²) in [5, 5.41) is 14.8. The van der Waals surface area contributed by atoms with Gasteiger partial charge in [0.05, 0.1) is 25.0 Å². The van der Waals surface area contributed by atoms with Gasteiger partial charge in [0.15, 0.2) is 0 Å². The molecule has 40 heavy (non-hydrogen) atoms. The van der Waals surface area contributed by atoms with Gasteiger partial charge in [-0.2, -0.15) is 4.68 Å². The number of carbonyl (C=O) groups excluding carboxylic acids is 1. The average molecular weight is 578 g/mol. The number of rotatable bonds is 7. The molecule has 0 radical (unpaired) electrons. The summed E-state index contributed by atoms with van der Waals surface area (Å²) >= 11 is 12.8. The van der Waals surface area contributed by atoms with Crippen molar-refractivity contribution in [1.82, 2.24) is 39.7 Å². The number of benzene rings is 2.